The van der Waals surface area contributed by atoms with E-state index in [1.165, 1.54) is 6.07 Å². The van der Waals surface area contributed by atoms with Gasteiger partial charge in [0.2, 0.25) is 0 Å². The number of benzene rings is 1. The Balaban J connectivity index is 2.88. The van der Waals surface area contributed by atoms with Crippen molar-refractivity contribution in [2.45, 2.75) is 26.7 Å². The molecule has 15 heavy (non-hydrogen) atoms. The lowest BCUT2D eigenvalue weighted by molar-refractivity contribution is 0.621. The third-order valence-corrected chi connectivity index (χ3v) is 2.35. The van der Waals surface area contributed by atoms with Crippen molar-refractivity contribution in [1.82, 2.24) is 0 Å². The van der Waals surface area contributed by atoms with Gasteiger partial charge >= 0.3 is 0 Å². The molecule has 0 heterocycles. The normalized spacial score (nSPS) is 9.60. The van der Waals surface area contributed by atoms with E-state index in [-0.39, 0.29) is 5.82 Å². The lowest BCUT2D eigenvalue weighted by Gasteiger charge is -2.01. The highest BCUT2D eigenvalue weighted by molar-refractivity contribution is 6.17. The van der Waals surface area contributed by atoms with E-state index in [0.717, 1.165) is 24.0 Å². The van der Waals surface area contributed by atoms with Gasteiger partial charge in [-0.05, 0) is 37.5 Å². The Morgan fingerprint density at radius 1 is 1.33 bits per heavy atom. The van der Waals surface area contributed by atoms with Crippen LogP contribution in [-0.2, 0) is 0 Å². The first-order chi connectivity index (χ1) is 7.15. The van der Waals surface area contributed by atoms with E-state index in [2.05, 4.69) is 11.8 Å². The first kappa shape index (κ1) is 12.1. The monoisotopic (exact) mass is 224 g/mol. The van der Waals surface area contributed by atoms with Gasteiger partial charge in [-0.15, -0.1) is 11.6 Å². The van der Waals surface area contributed by atoms with Gasteiger partial charge in [-0.25, -0.2) is 4.39 Å². The van der Waals surface area contributed by atoms with Crippen LogP contribution in [-0.4, -0.2) is 5.88 Å². The molecule has 0 fully saturated rings. The standard InChI is InChI=1S/C13H14ClF/c1-10-8-11(2)12(13(15)9-10)6-4-3-5-7-14/h8-9H,3,5,7H2,1-2H3. The van der Waals surface area contributed by atoms with Gasteiger partial charge in [0.05, 0.1) is 5.56 Å². The van der Waals surface area contributed by atoms with E-state index in [1.807, 2.05) is 19.9 Å². The zero-order valence-electron chi connectivity index (χ0n) is 9.03. The zero-order valence-corrected chi connectivity index (χ0v) is 9.79. The van der Waals surface area contributed by atoms with Gasteiger partial charge in [0.15, 0.2) is 0 Å². The number of halogens is 2. The van der Waals surface area contributed by atoms with Crippen molar-refractivity contribution in [3.05, 3.63) is 34.6 Å². The molecular weight excluding hydrogens is 211 g/mol. The maximum atomic E-state index is 13.5. The van der Waals surface area contributed by atoms with Crippen LogP contribution in [0.4, 0.5) is 4.39 Å². The summed E-state index contributed by atoms with van der Waals surface area (Å²) in [7, 11) is 0. The predicted molar refractivity (Wildman–Crippen MR) is 62.7 cm³/mol. The predicted octanol–water partition coefficient (Wildman–Crippen LogP) is 3.81. The van der Waals surface area contributed by atoms with Crippen LogP contribution in [0.15, 0.2) is 12.1 Å². The summed E-state index contributed by atoms with van der Waals surface area (Å²) in [6, 6.07) is 3.45. The Kier molecular flexibility index (Phi) is 4.65. The Hall–Kier alpha value is -1.000. The van der Waals surface area contributed by atoms with Crippen molar-refractivity contribution < 1.29 is 4.39 Å². The Labute approximate surface area is 95.5 Å². The second kappa shape index (κ2) is 5.78. The highest BCUT2D eigenvalue weighted by Crippen LogP contribution is 2.14. The number of hydrogen-bond acceptors (Lipinski definition) is 0. The Morgan fingerprint density at radius 2 is 2.07 bits per heavy atom. The molecule has 1 aromatic carbocycles. The summed E-state index contributed by atoms with van der Waals surface area (Å²) in [4.78, 5) is 0. The molecule has 0 saturated carbocycles. The van der Waals surface area contributed by atoms with Gasteiger partial charge in [0.25, 0.3) is 0 Å². The number of unbranched alkanes of at least 4 members (excludes halogenated alkanes) is 1. The summed E-state index contributed by atoms with van der Waals surface area (Å²) in [6.07, 6.45) is 1.57. The number of aryl methyl sites for hydroxylation is 2. The molecule has 0 aliphatic carbocycles. The SMILES string of the molecule is Cc1cc(C)c(C#CCCCCl)c(F)c1. The van der Waals surface area contributed by atoms with Gasteiger partial charge in [0, 0.05) is 12.3 Å². The second-order valence-corrected chi connectivity index (χ2v) is 3.91. The summed E-state index contributed by atoms with van der Waals surface area (Å²) in [5.74, 6) is 6.16. The maximum Gasteiger partial charge on any atom is 0.139 e. The summed E-state index contributed by atoms with van der Waals surface area (Å²) < 4.78 is 13.5. The molecule has 0 N–H and O–H groups in total. The fourth-order valence-electron chi connectivity index (χ4n) is 1.38. The average Bonchev–Trinajstić information content (AvgIpc) is 2.15. The molecule has 0 atom stereocenters. The smallest absolute Gasteiger partial charge is 0.139 e. The largest absolute Gasteiger partial charge is 0.206 e. The molecule has 1 rings (SSSR count). The van der Waals surface area contributed by atoms with E-state index in [1.54, 1.807) is 0 Å². The summed E-state index contributed by atoms with van der Waals surface area (Å²) in [5.41, 5.74) is 2.33. The Morgan fingerprint density at radius 3 is 2.67 bits per heavy atom. The fraction of sp³-hybridized carbons (Fsp3) is 0.385. The molecular formula is C13H14ClF. The van der Waals surface area contributed by atoms with Gasteiger partial charge < -0.3 is 0 Å². The van der Waals surface area contributed by atoms with Crippen molar-refractivity contribution in [3.63, 3.8) is 0 Å². The van der Waals surface area contributed by atoms with Crippen LogP contribution < -0.4 is 0 Å². The van der Waals surface area contributed by atoms with Crippen molar-refractivity contribution in [3.8, 4) is 11.8 Å². The van der Waals surface area contributed by atoms with Crippen LogP contribution in [0.1, 0.15) is 29.5 Å². The third-order valence-electron chi connectivity index (χ3n) is 2.08. The maximum absolute atomic E-state index is 13.5. The minimum Gasteiger partial charge on any atom is -0.206 e. The molecule has 0 aliphatic rings. The van der Waals surface area contributed by atoms with E-state index in [0.29, 0.717) is 11.4 Å². The van der Waals surface area contributed by atoms with E-state index >= 15 is 0 Å². The van der Waals surface area contributed by atoms with Crippen LogP contribution in [0, 0.1) is 31.5 Å². The first-order valence-corrected chi connectivity index (χ1v) is 5.50. The zero-order chi connectivity index (χ0) is 11.3. The minimum absolute atomic E-state index is 0.231. The van der Waals surface area contributed by atoms with Crippen LogP contribution in [0.2, 0.25) is 0 Å². The average molecular weight is 225 g/mol. The molecule has 0 bridgehead atoms. The Bertz CT molecular complexity index is 376. The lowest BCUT2D eigenvalue weighted by atomic mass is 10.1. The van der Waals surface area contributed by atoms with Gasteiger partial charge in [-0.2, -0.15) is 0 Å². The summed E-state index contributed by atoms with van der Waals surface area (Å²) in [6.45, 7) is 3.75. The molecule has 0 amide bonds. The van der Waals surface area contributed by atoms with Crippen LogP contribution >= 0.6 is 11.6 Å². The second-order valence-electron chi connectivity index (χ2n) is 3.53. The molecule has 1 aromatic rings. The van der Waals surface area contributed by atoms with E-state index in [4.69, 9.17) is 11.6 Å². The van der Waals surface area contributed by atoms with Crippen molar-refractivity contribution in [2.24, 2.45) is 0 Å². The molecule has 0 aliphatic heterocycles. The molecule has 0 radical (unpaired) electrons. The van der Waals surface area contributed by atoms with Crippen LogP contribution in [0.25, 0.3) is 0 Å². The quantitative estimate of drug-likeness (QED) is 0.407. The molecule has 0 spiro atoms. The molecule has 2 heteroatoms. The number of hydrogen-bond donors (Lipinski definition) is 0. The van der Waals surface area contributed by atoms with Crippen LogP contribution in [0.5, 0.6) is 0 Å². The van der Waals surface area contributed by atoms with Gasteiger partial charge in [-0.1, -0.05) is 17.9 Å². The summed E-state index contributed by atoms with van der Waals surface area (Å²) >= 11 is 5.52. The van der Waals surface area contributed by atoms with Gasteiger partial charge in [0.1, 0.15) is 5.82 Å². The van der Waals surface area contributed by atoms with E-state index < -0.39 is 0 Å². The minimum atomic E-state index is -0.231. The topological polar surface area (TPSA) is 0 Å². The van der Waals surface area contributed by atoms with Crippen molar-refractivity contribution >= 4 is 11.6 Å². The molecule has 80 valence electrons. The lowest BCUT2D eigenvalue weighted by Crippen LogP contribution is -1.90. The molecule has 0 aromatic heterocycles. The number of alkyl halides is 1. The van der Waals surface area contributed by atoms with E-state index in [9.17, 15) is 4.39 Å². The first-order valence-electron chi connectivity index (χ1n) is 4.96. The summed E-state index contributed by atoms with van der Waals surface area (Å²) in [5, 5.41) is 0. The van der Waals surface area contributed by atoms with Gasteiger partial charge in [-0.3, -0.25) is 0 Å². The molecule has 0 unspecified atom stereocenters. The third kappa shape index (κ3) is 3.57. The van der Waals surface area contributed by atoms with Crippen molar-refractivity contribution in [2.75, 3.05) is 5.88 Å². The number of rotatable bonds is 2. The highest BCUT2D eigenvalue weighted by Gasteiger charge is 2.03. The van der Waals surface area contributed by atoms with Crippen LogP contribution in [0.3, 0.4) is 0 Å². The highest BCUT2D eigenvalue weighted by atomic mass is 35.5. The molecule has 0 saturated heterocycles. The fourth-order valence-corrected chi connectivity index (χ4v) is 1.51. The molecule has 0 nitrogen and oxygen atoms in total. The van der Waals surface area contributed by atoms with Crippen molar-refractivity contribution in [1.29, 1.82) is 0 Å².